The quantitative estimate of drug-likeness (QED) is 0.426. The summed E-state index contributed by atoms with van der Waals surface area (Å²) < 4.78 is 21.7. The Morgan fingerprint density at radius 3 is 2.69 bits per heavy atom. The molecular formula is C22H12FN5O. The van der Waals surface area contributed by atoms with Crippen molar-refractivity contribution in [1.82, 2.24) is 25.0 Å². The van der Waals surface area contributed by atoms with Crippen molar-refractivity contribution in [3.63, 3.8) is 0 Å². The van der Waals surface area contributed by atoms with Crippen LogP contribution in [0.15, 0.2) is 77.3 Å². The van der Waals surface area contributed by atoms with E-state index in [2.05, 4.69) is 15.4 Å². The maximum absolute atomic E-state index is 13.7. The average Bonchev–Trinajstić information content (AvgIpc) is 3.32. The van der Waals surface area contributed by atoms with Crippen LogP contribution in [0.4, 0.5) is 4.39 Å². The van der Waals surface area contributed by atoms with Gasteiger partial charge < -0.3 is 4.42 Å². The highest BCUT2D eigenvalue weighted by molar-refractivity contribution is 6.09. The summed E-state index contributed by atoms with van der Waals surface area (Å²) >= 11 is 0. The highest BCUT2D eigenvalue weighted by Gasteiger charge is 2.20. The number of rotatable bonds is 2. The third-order valence-electron chi connectivity index (χ3n) is 4.98. The summed E-state index contributed by atoms with van der Waals surface area (Å²) in [5.74, 6) is 0.314. The second-order valence-electron chi connectivity index (χ2n) is 6.67. The lowest BCUT2D eigenvalue weighted by molar-refractivity contribution is 0.618. The van der Waals surface area contributed by atoms with E-state index < -0.39 is 0 Å². The Morgan fingerprint density at radius 1 is 0.897 bits per heavy atom. The molecule has 3 aromatic carbocycles. The zero-order chi connectivity index (χ0) is 19.4. The maximum Gasteiger partial charge on any atom is 0.204 e. The predicted octanol–water partition coefficient (Wildman–Crippen LogP) is 4.92. The highest BCUT2D eigenvalue weighted by Crippen LogP contribution is 2.37. The first-order valence-corrected chi connectivity index (χ1v) is 9.03. The molecule has 3 aromatic heterocycles. The van der Waals surface area contributed by atoms with Gasteiger partial charge >= 0.3 is 0 Å². The van der Waals surface area contributed by atoms with E-state index in [1.165, 1.54) is 12.1 Å². The van der Waals surface area contributed by atoms with Crippen molar-refractivity contribution in [3.05, 3.63) is 78.7 Å². The molecule has 6 aromatic rings. The lowest BCUT2D eigenvalue weighted by Gasteiger charge is -2.09. The summed E-state index contributed by atoms with van der Waals surface area (Å²) in [5.41, 5.74) is 4.05. The van der Waals surface area contributed by atoms with Crippen molar-refractivity contribution in [2.75, 3.05) is 0 Å². The lowest BCUT2D eigenvalue weighted by Crippen LogP contribution is -1.98. The van der Waals surface area contributed by atoms with E-state index in [4.69, 9.17) is 9.40 Å². The second-order valence-corrected chi connectivity index (χ2v) is 6.67. The van der Waals surface area contributed by atoms with E-state index in [1.807, 2.05) is 53.1 Å². The van der Waals surface area contributed by atoms with E-state index in [0.29, 0.717) is 22.6 Å². The summed E-state index contributed by atoms with van der Waals surface area (Å²) in [6.45, 7) is 0. The molecule has 0 radical (unpaired) electrons. The monoisotopic (exact) mass is 381 g/mol. The van der Waals surface area contributed by atoms with Gasteiger partial charge in [0, 0.05) is 22.5 Å². The molecule has 7 heteroatoms. The second kappa shape index (κ2) is 5.93. The maximum atomic E-state index is 13.7. The smallest absolute Gasteiger partial charge is 0.204 e. The Hall–Kier alpha value is -4.13. The van der Waals surface area contributed by atoms with Gasteiger partial charge in [-0.1, -0.05) is 30.3 Å². The SMILES string of the molecule is Fc1ccc2c(c1)oc1c(-c3nc4nnncc4n3-c3ccccc3)cccc12. The minimum Gasteiger partial charge on any atom is -0.455 e. The van der Waals surface area contributed by atoms with Crippen molar-refractivity contribution in [2.45, 2.75) is 0 Å². The molecule has 3 heterocycles. The molecule has 0 amide bonds. The molecule has 0 bridgehead atoms. The molecular weight excluding hydrogens is 369 g/mol. The number of hydrogen-bond donors (Lipinski definition) is 0. The van der Waals surface area contributed by atoms with Gasteiger partial charge in [-0.2, -0.15) is 0 Å². The zero-order valence-electron chi connectivity index (χ0n) is 15.0. The molecule has 0 fully saturated rings. The minimum atomic E-state index is -0.337. The Balaban J connectivity index is 1.73. The van der Waals surface area contributed by atoms with Crippen molar-refractivity contribution in [1.29, 1.82) is 0 Å². The van der Waals surface area contributed by atoms with Crippen LogP contribution in [0.25, 0.3) is 50.2 Å². The van der Waals surface area contributed by atoms with Crippen LogP contribution in [0.3, 0.4) is 0 Å². The van der Waals surface area contributed by atoms with Gasteiger partial charge in [-0.3, -0.25) is 4.57 Å². The number of fused-ring (bicyclic) bond motifs is 4. The molecule has 29 heavy (non-hydrogen) atoms. The molecule has 0 unspecified atom stereocenters. The van der Waals surface area contributed by atoms with Crippen molar-refractivity contribution >= 4 is 33.1 Å². The summed E-state index contributed by atoms with van der Waals surface area (Å²) in [6, 6.07) is 20.2. The van der Waals surface area contributed by atoms with Crippen LogP contribution in [0.2, 0.25) is 0 Å². The predicted molar refractivity (Wildman–Crippen MR) is 107 cm³/mol. The third-order valence-corrected chi connectivity index (χ3v) is 4.98. The van der Waals surface area contributed by atoms with E-state index >= 15 is 0 Å². The molecule has 0 aliphatic heterocycles. The normalized spacial score (nSPS) is 11.6. The number of halogens is 1. The molecule has 138 valence electrons. The fourth-order valence-electron chi connectivity index (χ4n) is 3.73. The van der Waals surface area contributed by atoms with E-state index in [9.17, 15) is 4.39 Å². The summed E-state index contributed by atoms with van der Waals surface area (Å²) in [7, 11) is 0. The average molecular weight is 381 g/mol. The van der Waals surface area contributed by atoms with Crippen LogP contribution >= 0.6 is 0 Å². The Bertz CT molecular complexity index is 1520. The first kappa shape index (κ1) is 15.9. The van der Waals surface area contributed by atoms with Crippen LogP contribution in [0.1, 0.15) is 0 Å². The van der Waals surface area contributed by atoms with Gasteiger partial charge in [0.2, 0.25) is 5.65 Å². The minimum absolute atomic E-state index is 0.337. The van der Waals surface area contributed by atoms with Gasteiger partial charge in [0.25, 0.3) is 0 Å². The molecule has 6 rings (SSSR count). The molecule has 0 N–H and O–H groups in total. The first-order valence-electron chi connectivity index (χ1n) is 9.03. The highest BCUT2D eigenvalue weighted by atomic mass is 19.1. The summed E-state index contributed by atoms with van der Waals surface area (Å²) in [5, 5.41) is 13.5. The molecule has 6 nitrogen and oxygen atoms in total. The molecule has 0 saturated heterocycles. The fraction of sp³-hybridized carbons (Fsp3) is 0. The number of furan rings is 1. The van der Waals surface area contributed by atoms with Gasteiger partial charge in [0.15, 0.2) is 5.82 Å². The fourth-order valence-corrected chi connectivity index (χ4v) is 3.73. The van der Waals surface area contributed by atoms with Crippen LogP contribution in [0, 0.1) is 5.82 Å². The van der Waals surface area contributed by atoms with Gasteiger partial charge in [-0.15, -0.1) is 10.2 Å². The Morgan fingerprint density at radius 2 is 1.79 bits per heavy atom. The largest absolute Gasteiger partial charge is 0.455 e. The van der Waals surface area contributed by atoms with Crippen molar-refractivity contribution < 1.29 is 8.81 Å². The number of aromatic nitrogens is 5. The standard InChI is InChI=1S/C22H12FN5O/c23-13-9-10-15-16-7-4-8-17(20(16)29-19(15)11-13)22-25-21-18(12-24-27-26-21)28(22)14-5-2-1-3-6-14/h1-12H. The van der Waals surface area contributed by atoms with E-state index in [0.717, 1.165) is 27.5 Å². The van der Waals surface area contributed by atoms with Gasteiger partial charge in [0.1, 0.15) is 22.5 Å². The van der Waals surface area contributed by atoms with Crippen LogP contribution in [0.5, 0.6) is 0 Å². The zero-order valence-corrected chi connectivity index (χ0v) is 15.0. The molecule has 0 aliphatic rings. The van der Waals surface area contributed by atoms with Crippen LogP contribution in [-0.2, 0) is 0 Å². The third kappa shape index (κ3) is 2.34. The summed E-state index contributed by atoms with van der Waals surface area (Å²) in [4.78, 5) is 4.71. The van der Waals surface area contributed by atoms with E-state index in [1.54, 1.807) is 12.3 Å². The number of nitrogens with zero attached hydrogens (tertiary/aromatic N) is 5. The first-order chi connectivity index (χ1) is 14.3. The van der Waals surface area contributed by atoms with Crippen molar-refractivity contribution in [2.24, 2.45) is 0 Å². The topological polar surface area (TPSA) is 69.6 Å². The van der Waals surface area contributed by atoms with Crippen LogP contribution in [-0.4, -0.2) is 25.0 Å². The van der Waals surface area contributed by atoms with Crippen LogP contribution < -0.4 is 0 Å². The number of hydrogen-bond acceptors (Lipinski definition) is 5. The Labute approximate surface area is 163 Å². The molecule has 0 aliphatic carbocycles. The Kier molecular flexibility index (Phi) is 3.25. The number of para-hydroxylation sites is 2. The molecule has 0 saturated carbocycles. The summed E-state index contributed by atoms with van der Waals surface area (Å²) in [6.07, 6.45) is 1.64. The van der Waals surface area contributed by atoms with Crippen molar-refractivity contribution in [3.8, 4) is 17.1 Å². The molecule has 0 atom stereocenters. The van der Waals surface area contributed by atoms with Gasteiger partial charge in [0.05, 0.1) is 11.8 Å². The van der Waals surface area contributed by atoms with Gasteiger partial charge in [-0.05, 0) is 35.5 Å². The molecule has 0 spiro atoms. The number of imidazole rings is 1. The van der Waals surface area contributed by atoms with Gasteiger partial charge in [-0.25, -0.2) is 9.37 Å². The number of benzene rings is 3. The van der Waals surface area contributed by atoms with E-state index in [-0.39, 0.29) is 5.82 Å². The lowest BCUT2D eigenvalue weighted by atomic mass is 10.1.